The van der Waals surface area contributed by atoms with E-state index >= 15 is 0 Å². The van der Waals surface area contributed by atoms with Crippen molar-refractivity contribution in [3.8, 4) is 0 Å². The van der Waals surface area contributed by atoms with Gasteiger partial charge in [0.1, 0.15) is 0 Å². The van der Waals surface area contributed by atoms with E-state index in [2.05, 4.69) is 15.9 Å². The van der Waals surface area contributed by atoms with Crippen molar-refractivity contribution in [2.75, 3.05) is 13.1 Å². The molecule has 1 aromatic rings. The van der Waals surface area contributed by atoms with Crippen LogP contribution < -0.4 is 0 Å². The van der Waals surface area contributed by atoms with Crippen molar-refractivity contribution in [2.24, 2.45) is 11.8 Å². The molecule has 0 heterocycles. The molecule has 0 radical (unpaired) electrons. The van der Waals surface area contributed by atoms with Crippen molar-refractivity contribution in [3.05, 3.63) is 28.2 Å². The molecule has 0 aromatic heterocycles. The first kappa shape index (κ1) is 17.7. The Hall–Kier alpha value is -0.390. The summed E-state index contributed by atoms with van der Waals surface area (Å²) in [6.45, 7) is 11.2. The SMILES string of the molecule is Cc1cc(S(=O)(=O)N(CC(C)C)CC(C)C)ccc1Br. The van der Waals surface area contributed by atoms with E-state index in [-0.39, 0.29) is 0 Å². The molecule has 0 amide bonds. The zero-order chi connectivity index (χ0) is 15.5. The van der Waals surface area contributed by atoms with Gasteiger partial charge in [-0.15, -0.1) is 0 Å². The van der Waals surface area contributed by atoms with Gasteiger partial charge in [0.25, 0.3) is 0 Å². The van der Waals surface area contributed by atoms with Gasteiger partial charge in [-0.2, -0.15) is 4.31 Å². The summed E-state index contributed by atoms with van der Waals surface area (Å²) >= 11 is 3.41. The lowest BCUT2D eigenvalue weighted by Gasteiger charge is -2.25. The molecular weight excluding hydrogens is 338 g/mol. The fourth-order valence-corrected chi connectivity index (χ4v) is 4.11. The molecule has 1 rings (SSSR count). The second-order valence-corrected chi connectivity index (χ2v) is 8.81. The van der Waals surface area contributed by atoms with Gasteiger partial charge in [-0.05, 0) is 42.5 Å². The lowest BCUT2D eigenvalue weighted by atomic mass is 10.2. The Morgan fingerprint density at radius 3 is 2.00 bits per heavy atom. The summed E-state index contributed by atoms with van der Waals surface area (Å²) in [5.74, 6) is 0.611. The Morgan fingerprint density at radius 1 is 1.10 bits per heavy atom. The minimum absolute atomic E-state index is 0.306. The van der Waals surface area contributed by atoms with Crippen LogP contribution in [0.15, 0.2) is 27.6 Å². The fourth-order valence-electron chi connectivity index (χ4n) is 2.01. The lowest BCUT2D eigenvalue weighted by Crippen LogP contribution is -2.37. The summed E-state index contributed by atoms with van der Waals surface area (Å²) in [6, 6.07) is 5.19. The standard InChI is InChI=1S/C15H24BrNO2S/c1-11(2)9-17(10-12(3)4)20(18,19)14-6-7-15(16)13(5)8-14/h6-8,11-12H,9-10H2,1-5H3. The highest BCUT2D eigenvalue weighted by Crippen LogP contribution is 2.23. The van der Waals surface area contributed by atoms with Gasteiger partial charge in [-0.25, -0.2) is 8.42 Å². The van der Waals surface area contributed by atoms with Crippen LogP contribution in [0.25, 0.3) is 0 Å². The normalized spacial score (nSPS) is 12.7. The monoisotopic (exact) mass is 361 g/mol. The van der Waals surface area contributed by atoms with Gasteiger partial charge in [0.2, 0.25) is 10.0 Å². The third kappa shape index (κ3) is 4.57. The van der Waals surface area contributed by atoms with Gasteiger partial charge in [0.05, 0.1) is 4.90 Å². The molecule has 0 N–H and O–H groups in total. The fraction of sp³-hybridized carbons (Fsp3) is 0.600. The average molecular weight is 362 g/mol. The van der Waals surface area contributed by atoms with Crippen molar-refractivity contribution in [1.29, 1.82) is 0 Å². The highest BCUT2D eigenvalue weighted by atomic mass is 79.9. The Morgan fingerprint density at radius 2 is 1.60 bits per heavy atom. The Balaban J connectivity index is 3.17. The van der Waals surface area contributed by atoms with Gasteiger partial charge in [0.15, 0.2) is 0 Å². The van der Waals surface area contributed by atoms with E-state index in [1.165, 1.54) is 0 Å². The molecule has 20 heavy (non-hydrogen) atoms. The number of aryl methyl sites for hydroxylation is 1. The molecular formula is C15H24BrNO2S. The van der Waals surface area contributed by atoms with Crippen LogP contribution in [0.1, 0.15) is 33.3 Å². The molecule has 0 spiro atoms. The first-order valence-electron chi connectivity index (χ1n) is 6.91. The van der Waals surface area contributed by atoms with Crippen LogP contribution in [-0.2, 0) is 10.0 Å². The zero-order valence-electron chi connectivity index (χ0n) is 12.9. The smallest absolute Gasteiger partial charge is 0.207 e. The summed E-state index contributed by atoms with van der Waals surface area (Å²) in [7, 11) is -3.42. The van der Waals surface area contributed by atoms with E-state index in [4.69, 9.17) is 0 Å². The molecule has 0 unspecified atom stereocenters. The summed E-state index contributed by atoms with van der Waals surface area (Å²) < 4.78 is 28.1. The number of hydrogen-bond acceptors (Lipinski definition) is 2. The first-order chi connectivity index (χ1) is 9.14. The van der Waals surface area contributed by atoms with E-state index in [0.717, 1.165) is 10.0 Å². The number of rotatable bonds is 6. The van der Waals surface area contributed by atoms with E-state index < -0.39 is 10.0 Å². The highest BCUT2D eigenvalue weighted by molar-refractivity contribution is 9.10. The third-order valence-corrected chi connectivity index (χ3v) is 5.62. The summed E-state index contributed by atoms with van der Waals surface area (Å²) in [4.78, 5) is 0.375. The van der Waals surface area contributed by atoms with Crippen LogP contribution in [0.5, 0.6) is 0 Å². The number of benzene rings is 1. The highest BCUT2D eigenvalue weighted by Gasteiger charge is 2.26. The van der Waals surface area contributed by atoms with Crippen molar-refractivity contribution >= 4 is 26.0 Å². The predicted molar refractivity (Wildman–Crippen MR) is 87.3 cm³/mol. The van der Waals surface area contributed by atoms with Crippen LogP contribution in [0, 0.1) is 18.8 Å². The lowest BCUT2D eigenvalue weighted by molar-refractivity contribution is 0.333. The van der Waals surface area contributed by atoms with Gasteiger partial charge in [-0.1, -0.05) is 43.6 Å². The van der Waals surface area contributed by atoms with Gasteiger partial charge in [-0.3, -0.25) is 0 Å². The molecule has 0 aliphatic heterocycles. The second kappa shape index (κ2) is 7.05. The van der Waals surface area contributed by atoms with Gasteiger partial charge in [0, 0.05) is 17.6 Å². The average Bonchev–Trinajstić information content (AvgIpc) is 2.30. The van der Waals surface area contributed by atoms with Crippen molar-refractivity contribution in [1.82, 2.24) is 4.31 Å². The first-order valence-corrected chi connectivity index (χ1v) is 9.14. The van der Waals surface area contributed by atoms with Crippen LogP contribution in [-0.4, -0.2) is 25.8 Å². The molecule has 3 nitrogen and oxygen atoms in total. The number of nitrogens with zero attached hydrogens (tertiary/aromatic N) is 1. The van der Waals surface area contributed by atoms with Crippen LogP contribution in [0.4, 0.5) is 0 Å². The van der Waals surface area contributed by atoms with Crippen LogP contribution in [0.3, 0.4) is 0 Å². The number of sulfonamides is 1. The van der Waals surface area contributed by atoms with Crippen molar-refractivity contribution < 1.29 is 8.42 Å². The van der Waals surface area contributed by atoms with Crippen molar-refractivity contribution in [3.63, 3.8) is 0 Å². The number of hydrogen-bond donors (Lipinski definition) is 0. The molecule has 5 heteroatoms. The van der Waals surface area contributed by atoms with E-state index in [1.807, 2.05) is 34.6 Å². The van der Waals surface area contributed by atoms with E-state index in [9.17, 15) is 8.42 Å². The largest absolute Gasteiger partial charge is 0.243 e. The quantitative estimate of drug-likeness (QED) is 0.765. The Labute approximate surface area is 131 Å². The predicted octanol–water partition coefficient (Wildman–Crippen LogP) is 4.06. The molecule has 0 saturated heterocycles. The maximum atomic E-state index is 12.8. The molecule has 0 fully saturated rings. The maximum Gasteiger partial charge on any atom is 0.243 e. The topological polar surface area (TPSA) is 37.4 Å². The molecule has 0 saturated carbocycles. The van der Waals surface area contributed by atoms with E-state index in [0.29, 0.717) is 29.8 Å². The van der Waals surface area contributed by atoms with Crippen LogP contribution >= 0.6 is 15.9 Å². The Kier molecular flexibility index (Phi) is 6.23. The van der Waals surface area contributed by atoms with E-state index in [1.54, 1.807) is 22.5 Å². The molecule has 0 aliphatic carbocycles. The molecule has 0 atom stereocenters. The molecule has 1 aromatic carbocycles. The number of halogens is 1. The Bertz CT molecular complexity index is 543. The zero-order valence-corrected chi connectivity index (χ0v) is 15.3. The van der Waals surface area contributed by atoms with Gasteiger partial charge >= 0.3 is 0 Å². The molecule has 0 bridgehead atoms. The summed E-state index contributed by atoms with van der Waals surface area (Å²) in [5, 5.41) is 0. The maximum absolute atomic E-state index is 12.8. The summed E-state index contributed by atoms with van der Waals surface area (Å²) in [6.07, 6.45) is 0. The van der Waals surface area contributed by atoms with Gasteiger partial charge < -0.3 is 0 Å². The van der Waals surface area contributed by atoms with Crippen LogP contribution in [0.2, 0.25) is 0 Å². The minimum atomic E-state index is -3.42. The minimum Gasteiger partial charge on any atom is -0.207 e. The third-order valence-electron chi connectivity index (χ3n) is 2.90. The van der Waals surface area contributed by atoms with Crippen molar-refractivity contribution in [2.45, 2.75) is 39.5 Å². The summed E-state index contributed by atoms with van der Waals surface area (Å²) in [5.41, 5.74) is 0.931. The second-order valence-electron chi connectivity index (χ2n) is 6.02. The molecule has 0 aliphatic rings. The molecule has 114 valence electrons.